The molecule has 0 spiro atoms. The van der Waals surface area contributed by atoms with Gasteiger partial charge in [0.2, 0.25) is 0 Å². The highest BCUT2D eigenvalue weighted by atomic mass is 19.1. The molecule has 0 amide bonds. The van der Waals surface area contributed by atoms with E-state index < -0.39 is 0 Å². The van der Waals surface area contributed by atoms with E-state index in [9.17, 15) is 4.39 Å². The lowest BCUT2D eigenvalue weighted by Gasteiger charge is -2.19. The lowest BCUT2D eigenvalue weighted by molar-refractivity contribution is 0.500. The minimum atomic E-state index is -0.310. The van der Waals surface area contributed by atoms with E-state index in [1.807, 2.05) is 20.8 Å². The molecule has 1 aliphatic rings. The van der Waals surface area contributed by atoms with E-state index in [1.54, 1.807) is 0 Å². The SMILES string of the molecule is CC(C)(C)c1ncnc(NCC2CC2)c1F. The van der Waals surface area contributed by atoms with Gasteiger partial charge in [-0.05, 0) is 18.8 Å². The van der Waals surface area contributed by atoms with Crippen LogP contribution in [-0.4, -0.2) is 16.5 Å². The van der Waals surface area contributed by atoms with Crippen LogP contribution in [0, 0.1) is 11.7 Å². The molecule has 0 aliphatic heterocycles. The van der Waals surface area contributed by atoms with Gasteiger partial charge in [-0.1, -0.05) is 20.8 Å². The van der Waals surface area contributed by atoms with Crippen LogP contribution in [0.5, 0.6) is 0 Å². The van der Waals surface area contributed by atoms with Crippen LogP contribution in [0.15, 0.2) is 6.33 Å². The van der Waals surface area contributed by atoms with Crippen LogP contribution in [0.1, 0.15) is 39.3 Å². The zero-order valence-corrected chi connectivity index (χ0v) is 10.0. The average molecular weight is 223 g/mol. The van der Waals surface area contributed by atoms with Gasteiger partial charge in [0.1, 0.15) is 6.33 Å². The molecule has 4 heteroatoms. The van der Waals surface area contributed by atoms with Gasteiger partial charge in [0, 0.05) is 12.0 Å². The predicted molar refractivity (Wildman–Crippen MR) is 61.9 cm³/mol. The Morgan fingerprint density at radius 3 is 2.62 bits per heavy atom. The number of halogens is 1. The highest BCUT2D eigenvalue weighted by Gasteiger charge is 2.25. The Labute approximate surface area is 95.5 Å². The second kappa shape index (κ2) is 4.00. The van der Waals surface area contributed by atoms with Gasteiger partial charge in [0.05, 0.1) is 5.69 Å². The molecule has 0 aromatic carbocycles. The number of nitrogens with one attached hydrogen (secondary N) is 1. The van der Waals surface area contributed by atoms with Gasteiger partial charge in [-0.2, -0.15) is 0 Å². The van der Waals surface area contributed by atoms with Crippen molar-refractivity contribution >= 4 is 5.82 Å². The van der Waals surface area contributed by atoms with Crippen molar-refractivity contribution in [2.75, 3.05) is 11.9 Å². The summed E-state index contributed by atoms with van der Waals surface area (Å²) in [4.78, 5) is 7.98. The number of hydrogen-bond donors (Lipinski definition) is 1. The van der Waals surface area contributed by atoms with Gasteiger partial charge in [-0.15, -0.1) is 0 Å². The molecule has 1 saturated carbocycles. The molecule has 0 bridgehead atoms. The molecule has 1 aromatic rings. The van der Waals surface area contributed by atoms with E-state index in [4.69, 9.17) is 0 Å². The first-order valence-electron chi connectivity index (χ1n) is 5.73. The molecule has 88 valence electrons. The maximum absolute atomic E-state index is 14.1. The first-order valence-corrected chi connectivity index (χ1v) is 5.73. The third-order valence-electron chi connectivity index (χ3n) is 2.75. The van der Waals surface area contributed by atoms with Gasteiger partial charge in [-0.3, -0.25) is 0 Å². The van der Waals surface area contributed by atoms with E-state index in [0.717, 1.165) is 6.54 Å². The summed E-state index contributed by atoms with van der Waals surface area (Å²) in [7, 11) is 0. The molecule has 1 fully saturated rings. The maximum atomic E-state index is 14.1. The lowest BCUT2D eigenvalue weighted by atomic mass is 9.91. The van der Waals surface area contributed by atoms with Crippen LogP contribution < -0.4 is 5.32 Å². The van der Waals surface area contributed by atoms with E-state index in [0.29, 0.717) is 17.4 Å². The summed E-state index contributed by atoms with van der Waals surface area (Å²) < 4.78 is 14.1. The monoisotopic (exact) mass is 223 g/mol. The summed E-state index contributed by atoms with van der Waals surface area (Å²) in [6.07, 6.45) is 3.91. The summed E-state index contributed by atoms with van der Waals surface area (Å²) in [6, 6.07) is 0. The molecule has 1 N–H and O–H groups in total. The van der Waals surface area contributed by atoms with Gasteiger partial charge in [0.15, 0.2) is 11.6 Å². The quantitative estimate of drug-likeness (QED) is 0.856. The Morgan fingerprint density at radius 1 is 1.38 bits per heavy atom. The predicted octanol–water partition coefficient (Wildman–Crippen LogP) is 2.74. The van der Waals surface area contributed by atoms with Crippen LogP contribution >= 0.6 is 0 Å². The lowest BCUT2D eigenvalue weighted by Crippen LogP contribution is -2.18. The molecule has 0 atom stereocenters. The minimum absolute atomic E-state index is 0.289. The standard InChI is InChI=1S/C12H18FN3/c1-12(2,3)10-9(13)11(16-7-15-10)14-6-8-4-5-8/h7-8H,4-6H2,1-3H3,(H,14,15,16). The van der Waals surface area contributed by atoms with Crippen molar-refractivity contribution in [2.45, 2.75) is 39.0 Å². The third kappa shape index (κ3) is 2.49. The maximum Gasteiger partial charge on any atom is 0.187 e. The van der Waals surface area contributed by atoms with Gasteiger partial charge >= 0.3 is 0 Å². The normalized spacial score (nSPS) is 16.2. The van der Waals surface area contributed by atoms with Crippen molar-refractivity contribution in [2.24, 2.45) is 5.92 Å². The Balaban J connectivity index is 2.17. The van der Waals surface area contributed by atoms with Crippen molar-refractivity contribution in [3.05, 3.63) is 17.8 Å². The van der Waals surface area contributed by atoms with E-state index >= 15 is 0 Å². The fraction of sp³-hybridized carbons (Fsp3) is 0.667. The van der Waals surface area contributed by atoms with Crippen molar-refractivity contribution in [3.63, 3.8) is 0 Å². The molecule has 2 rings (SSSR count). The van der Waals surface area contributed by atoms with Crippen LogP contribution in [-0.2, 0) is 5.41 Å². The van der Waals surface area contributed by atoms with E-state index in [1.165, 1.54) is 19.2 Å². The molecular weight excluding hydrogens is 205 g/mol. The Bertz CT molecular complexity index is 380. The Hall–Kier alpha value is -1.19. The molecular formula is C12H18FN3. The Morgan fingerprint density at radius 2 is 2.06 bits per heavy atom. The van der Waals surface area contributed by atoms with Gasteiger partial charge in [0.25, 0.3) is 0 Å². The first-order chi connectivity index (χ1) is 7.48. The molecule has 0 unspecified atom stereocenters. The zero-order chi connectivity index (χ0) is 11.8. The van der Waals surface area contributed by atoms with E-state index in [-0.39, 0.29) is 11.2 Å². The average Bonchev–Trinajstić information content (AvgIpc) is 2.98. The third-order valence-corrected chi connectivity index (χ3v) is 2.75. The summed E-state index contributed by atoms with van der Waals surface area (Å²) in [5.74, 6) is 0.731. The number of hydrogen-bond acceptors (Lipinski definition) is 3. The van der Waals surface area contributed by atoms with Crippen molar-refractivity contribution in [1.29, 1.82) is 0 Å². The number of nitrogens with zero attached hydrogens (tertiary/aromatic N) is 2. The largest absolute Gasteiger partial charge is 0.367 e. The summed E-state index contributed by atoms with van der Waals surface area (Å²) in [5.41, 5.74) is 0.184. The molecule has 0 saturated heterocycles. The Kier molecular flexibility index (Phi) is 2.82. The summed E-state index contributed by atoms with van der Waals surface area (Å²) in [6.45, 7) is 6.66. The fourth-order valence-corrected chi connectivity index (χ4v) is 1.58. The minimum Gasteiger partial charge on any atom is -0.367 e. The summed E-state index contributed by atoms with van der Waals surface area (Å²) >= 11 is 0. The van der Waals surface area contributed by atoms with Crippen LogP contribution in [0.25, 0.3) is 0 Å². The summed E-state index contributed by atoms with van der Waals surface area (Å²) in [5, 5.41) is 3.06. The van der Waals surface area contributed by atoms with Gasteiger partial charge in [-0.25, -0.2) is 14.4 Å². The number of aromatic nitrogens is 2. The zero-order valence-electron chi connectivity index (χ0n) is 10.0. The van der Waals surface area contributed by atoms with Crippen molar-refractivity contribution in [3.8, 4) is 0 Å². The smallest absolute Gasteiger partial charge is 0.187 e. The second-order valence-electron chi connectivity index (χ2n) is 5.46. The van der Waals surface area contributed by atoms with Gasteiger partial charge < -0.3 is 5.32 Å². The van der Waals surface area contributed by atoms with Crippen molar-refractivity contribution < 1.29 is 4.39 Å². The molecule has 1 aliphatic carbocycles. The number of anilines is 1. The highest BCUT2D eigenvalue weighted by Crippen LogP contribution is 2.30. The molecule has 1 aromatic heterocycles. The van der Waals surface area contributed by atoms with Crippen molar-refractivity contribution in [1.82, 2.24) is 9.97 Å². The topological polar surface area (TPSA) is 37.8 Å². The molecule has 0 radical (unpaired) electrons. The highest BCUT2D eigenvalue weighted by molar-refractivity contribution is 5.39. The second-order valence-corrected chi connectivity index (χ2v) is 5.46. The fourth-order valence-electron chi connectivity index (χ4n) is 1.58. The van der Waals surface area contributed by atoms with Crippen LogP contribution in [0.2, 0.25) is 0 Å². The van der Waals surface area contributed by atoms with E-state index in [2.05, 4.69) is 15.3 Å². The number of rotatable bonds is 3. The molecule has 16 heavy (non-hydrogen) atoms. The molecule has 3 nitrogen and oxygen atoms in total. The molecule has 1 heterocycles. The van der Waals surface area contributed by atoms with Crippen LogP contribution in [0.3, 0.4) is 0 Å². The first kappa shape index (κ1) is 11.3. The van der Waals surface area contributed by atoms with Crippen LogP contribution in [0.4, 0.5) is 10.2 Å².